The highest BCUT2D eigenvalue weighted by Crippen LogP contribution is 2.34. The molecule has 7 heteroatoms. The van der Waals surface area contributed by atoms with Crippen LogP contribution >= 0.6 is 12.4 Å². The number of nitrogens with two attached hydrogens (primary N) is 1. The van der Waals surface area contributed by atoms with Crippen molar-refractivity contribution in [3.05, 3.63) is 18.2 Å². The lowest BCUT2D eigenvalue weighted by Crippen LogP contribution is -2.48. The van der Waals surface area contributed by atoms with Crippen molar-refractivity contribution in [1.82, 2.24) is 0 Å². The van der Waals surface area contributed by atoms with E-state index in [1.54, 1.807) is 24.1 Å². The fourth-order valence-electron chi connectivity index (χ4n) is 3.37. The quantitative estimate of drug-likeness (QED) is 0.870. The minimum atomic E-state index is -0.767. The van der Waals surface area contributed by atoms with Gasteiger partial charge in [-0.2, -0.15) is 0 Å². The van der Waals surface area contributed by atoms with Crippen molar-refractivity contribution < 1.29 is 14.3 Å². The lowest BCUT2D eigenvalue weighted by Gasteiger charge is -2.23. The molecule has 6 nitrogen and oxygen atoms in total. The average molecular weight is 354 g/mol. The minimum absolute atomic E-state index is 0. The van der Waals surface area contributed by atoms with Crippen LogP contribution in [0.25, 0.3) is 0 Å². The zero-order valence-electron chi connectivity index (χ0n) is 13.8. The molecule has 3 N–H and O–H groups in total. The van der Waals surface area contributed by atoms with Gasteiger partial charge in [0.2, 0.25) is 11.8 Å². The first kappa shape index (κ1) is 18.5. The number of halogens is 1. The lowest BCUT2D eigenvalue weighted by molar-refractivity contribution is -0.121. The van der Waals surface area contributed by atoms with Crippen molar-refractivity contribution in [2.45, 2.75) is 44.1 Å². The number of hydrogen-bond acceptors (Lipinski definition) is 4. The molecule has 1 aromatic carbocycles. The van der Waals surface area contributed by atoms with Crippen LogP contribution in [-0.4, -0.2) is 31.0 Å². The zero-order chi connectivity index (χ0) is 16.4. The van der Waals surface area contributed by atoms with Gasteiger partial charge in [-0.3, -0.25) is 9.59 Å². The molecule has 0 atom stereocenters. The first-order valence-corrected chi connectivity index (χ1v) is 8.12. The number of anilines is 2. The van der Waals surface area contributed by atoms with Gasteiger partial charge >= 0.3 is 0 Å². The predicted molar refractivity (Wildman–Crippen MR) is 95.8 cm³/mol. The van der Waals surface area contributed by atoms with Crippen LogP contribution in [0, 0.1) is 0 Å². The molecule has 1 saturated heterocycles. The van der Waals surface area contributed by atoms with Crippen LogP contribution in [0.15, 0.2) is 18.2 Å². The Labute approximate surface area is 148 Å². The molecule has 1 heterocycles. The van der Waals surface area contributed by atoms with E-state index in [4.69, 9.17) is 10.5 Å². The van der Waals surface area contributed by atoms with E-state index in [0.717, 1.165) is 37.8 Å². The molecule has 2 amide bonds. The molecule has 0 unspecified atom stereocenters. The zero-order valence-corrected chi connectivity index (χ0v) is 14.7. The summed E-state index contributed by atoms with van der Waals surface area (Å²) in [5.41, 5.74) is 6.79. The summed E-state index contributed by atoms with van der Waals surface area (Å²) in [7, 11) is 1.56. The van der Waals surface area contributed by atoms with Crippen LogP contribution in [0.1, 0.15) is 38.5 Å². The number of ether oxygens (including phenoxy) is 1. The van der Waals surface area contributed by atoms with E-state index in [0.29, 0.717) is 24.4 Å². The topological polar surface area (TPSA) is 84.7 Å². The largest absolute Gasteiger partial charge is 0.494 e. The predicted octanol–water partition coefficient (Wildman–Crippen LogP) is 2.45. The second-order valence-electron chi connectivity index (χ2n) is 6.35. The number of methoxy groups -OCH3 is 1. The molecule has 1 aliphatic carbocycles. The molecular formula is C17H24ClN3O3. The summed E-state index contributed by atoms with van der Waals surface area (Å²) in [4.78, 5) is 26.0. The molecule has 1 aliphatic heterocycles. The first-order chi connectivity index (χ1) is 11.0. The summed E-state index contributed by atoms with van der Waals surface area (Å²) in [5.74, 6) is 0.532. The van der Waals surface area contributed by atoms with Crippen molar-refractivity contribution in [2.75, 3.05) is 23.9 Å². The summed E-state index contributed by atoms with van der Waals surface area (Å²) >= 11 is 0. The number of carbonyl (C=O) groups is 2. The van der Waals surface area contributed by atoms with Gasteiger partial charge in [-0.15, -0.1) is 12.4 Å². The molecule has 0 spiro atoms. The second kappa shape index (κ2) is 7.40. The van der Waals surface area contributed by atoms with Gasteiger partial charge in [-0.1, -0.05) is 12.8 Å². The Morgan fingerprint density at radius 1 is 1.29 bits per heavy atom. The molecule has 132 valence electrons. The maximum Gasteiger partial charge on any atom is 0.244 e. The third-order valence-corrected chi connectivity index (χ3v) is 4.75. The van der Waals surface area contributed by atoms with Gasteiger partial charge in [0.1, 0.15) is 5.75 Å². The lowest BCUT2D eigenvalue weighted by atomic mass is 9.98. The van der Waals surface area contributed by atoms with Crippen LogP contribution < -0.4 is 20.7 Å². The fourth-order valence-corrected chi connectivity index (χ4v) is 3.37. The summed E-state index contributed by atoms with van der Waals surface area (Å²) in [6.07, 6.45) is 4.84. The van der Waals surface area contributed by atoms with Gasteiger partial charge in [0.15, 0.2) is 0 Å². The van der Waals surface area contributed by atoms with Crippen molar-refractivity contribution in [3.63, 3.8) is 0 Å². The number of amides is 2. The second-order valence-corrected chi connectivity index (χ2v) is 6.35. The first-order valence-electron chi connectivity index (χ1n) is 8.12. The molecule has 0 bridgehead atoms. The molecular weight excluding hydrogens is 330 g/mol. The van der Waals surface area contributed by atoms with Crippen molar-refractivity contribution >= 4 is 35.6 Å². The van der Waals surface area contributed by atoms with E-state index in [2.05, 4.69) is 5.32 Å². The molecule has 24 heavy (non-hydrogen) atoms. The molecule has 3 rings (SSSR count). The highest BCUT2D eigenvalue weighted by molar-refractivity contribution is 6.00. The normalized spacial score (nSPS) is 19.1. The highest BCUT2D eigenvalue weighted by Gasteiger charge is 2.37. The Morgan fingerprint density at radius 2 is 2.00 bits per heavy atom. The fraction of sp³-hybridized carbons (Fsp3) is 0.529. The van der Waals surface area contributed by atoms with Gasteiger partial charge in [0.05, 0.1) is 18.3 Å². The standard InChI is InChI=1S/C17H23N3O3.ClH/c1-23-14-11-12(19-16(22)17(18)8-2-3-9-17)6-7-13(14)20-10-4-5-15(20)21;/h6-7,11H,2-5,8-10,18H2,1H3,(H,19,22);1H. The van der Waals surface area contributed by atoms with Crippen molar-refractivity contribution in [1.29, 1.82) is 0 Å². The van der Waals surface area contributed by atoms with E-state index >= 15 is 0 Å². The van der Waals surface area contributed by atoms with Gasteiger partial charge in [-0.25, -0.2) is 0 Å². The van der Waals surface area contributed by atoms with E-state index in [9.17, 15) is 9.59 Å². The van der Waals surface area contributed by atoms with Crippen LogP contribution in [-0.2, 0) is 9.59 Å². The maximum atomic E-state index is 12.4. The van der Waals surface area contributed by atoms with Gasteiger partial charge in [0.25, 0.3) is 0 Å². The Bertz CT molecular complexity index is 630. The maximum absolute atomic E-state index is 12.4. The molecule has 0 aromatic heterocycles. The molecule has 0 radical (unpaired) electrons. The van der Waals surface area contributed by atoms with E-state index in [-0.39, 0.29) is 24.2 Å². The van der Waals surface area contributed by atoms with Gasteiger partial charge < -0.3 is 20.7 Å². The monoisotopic (exact) mass is 353 g/mol. The number of carbonyl (C=O) groups excluding carboxylic acids is 2. The molecule has 2 fully saturated rings. The number of hydrogen-bond donors (Lipinski definition) is 2. The SMILES string of the molecule is COc1cc(NC(=O)C2(N)CCCC2)ccc1N1CCCC1=O.Cl. The average Bonchev–Trinajstić information content (AvgIpc) is 3.17. The Kier molecular flexibility index (Phi) is 5.72. The molecule has 1 aromatic rings. The summed E-state index contributed by atoms with van der Waals surface area (Å²) in [6, 6.07) is 5.35. The van der Waals surface area contributed by atoms with E-state index in [1.807, 2.05) is 6.07 Å². The van der Waals surface area contributed by atoms with Gasteiger partial charge in [0, 0.05) is 24.7 Å². The van der Waals surface area contributed by atoms with E-state index in [1.165, 1.54) is 0 Å². The third kappa shape index (κ3) is 3.49. The van der Waals surface area contributed by atoms with Crippen LogP contribution in [0.4, 0.5) is 11.4 Å². The Hall–Kier alpha value is -1.79. The smallest absolute Gasteiger partial charge is 0.244 e. The number of benzene rings is 1. The Balaban J connectivity index is 0.00000208. The Morgan fingerprint density at radius 3 is 2.58 bits per heavy atom. The summed E-state index contributed by atoms with van der Waals surface area (Å²) in [6.45, 7) is 0.701. The van der Waals surface area contributed by atoms with E-state index < -0.39 is 5.54 Å². The number of rotatable bonds is 4. The molecule has 1 saturated carbocycles. The van der Waals surface area contributed by atoms with Crippen LogP contribution in [0.3, 0.4) is 0 Å². The number of nitrogens with zero attached hydrogens (tertiary/aromatic N) is 1. The highest BCUT2D eigenvalue weighted by atomic mass is 35.5. The van der Waals surface area contributed by atoms with Crippen LogP contribution in [0.2, 0.25) is 0 Å². The van der Waals surface area contributed by atoms with Crippen LogP contribution in [0.5, 0.6) is 5.75 Å². The van der Waals surface area contributed by atoms with Crippen molar-refractivity contribution in [3.8, 4) is 5.75 Å². The number of nitrogens with one attached hydrogen (secondary N) is 1. The van der Waals surface area contributed by atoms with Crippen molar-refractivity contribution in [2.24, 2.45) is 5.73 Å². The minimum Gasteiger partial charge on any atom is -0.494 e. The summed E-state index contributed by atoms with van der Waals surface area (Å²) in [5, 5.41) is 2.88. The summed E-state index contributed by atoms with van der Waals surface area (Å²) < 4.78 is 5.40. The molecule has 2 aliphatic rings. The van der Waals surface area contributed by atoms with Gasteiger partial charge in [-0.05, 0) is 31.4 Å². The third-order valence-electron chi connectivity index (χ3n) is 4.75.